The molecule has 1 amide bonds. The highest BCUT2D eigenvalue weighted by Gasteiger charge is 2.11. The lowest BCUT2D eigenvalue weighted by Crippen LogP contribution is -2.15. The number of nitrogens with one attached hydrogen (secondary N) is 1. The zero-order valence-corrected chi connectivity index (χ0v) is 10.4. The molecule has 1 aromatic rings. The molecule has 1 heterocycles. The van der Waals surface area contributed by atoms with E-state index < -0.39 is 0 Å². The summed E-state index contributed by atoms with van der Waals surface area (Å²) in [5, 5.41) is 6.17. The summed E-state index contributed by atoms with van der Waals surface area (Å²) in [4.78, 5) is 15.5. The Kier molecular flexibility index (Phi) is 5.62. The van der Waals surface area contributed by atoms with Crippen LogP contribution in [0.15, 0.2) is 4.52 Å². The van der Waals surface area contributed by atoms with Crippen molar-refractivity contribution < 1.29 is 9.32 Å². The third-order valence-electron chi connectivity index (χ3n) is 2.71. The summed E-state index contributed by atoms with van der Waals surface area (Å²) in [7, 11) is 0. The van der Waals surface area contributed by atoms with Crippen LogP contribution in [0.4, 0.5) is 6.01 Å². The van der Waals surface area contributed by atoms with E-state index in [1.807, 2.05) is 0 Å². The molecule has 6 nitrogen and oxygen atoms in total. The van der Waals surface area contributed by atoms with Crippen molar-refractivity contribution >= 4 is 11.9 Å². The smallest absolute Gasteiger partial charge is 0.328 e. The van der Waals surface area contributed by atoms with E-state index in [2.05, 4.69) is 22.4 Å². The molecule has 0 radical (unpaired) electrons. The average Bonchev–Trinajstić information content (AvgIpc) is 2.70. The van der Waals surface area contributed by atoms with Crippen molar-refractivity contribution in [1.29, 1.82) is 0 Å². The molecular weight excluding hydrogens is 220 g/mol. The molecule has 0 aliphatic heterocycles. The number of carbonyl (C=O) groups is 1. The molecule has 6 heteroatoms. The van der Waals surface area contributed by atoms with E-state index >= 15 is 0 Å². The average molecular weight is 240 g/mol. The maximum Gasteiger partial charge on any atom is 0.328 e. The van der Waals surface area contributed by atoms with Gasteiger partial charge in [-0.1, -0.05) is 18.5 Å². The fourth-order valence-electron chi connectivity index (χ4n) is 1.65. The van der Waals surface area contributed by atoms with E-state index in [9.17, 15) is 4.79 Å². The van der Waals surface area contributed by atoms with E-state index in [0.29, 0.717) is 24.7 Å². The largest absolute Gasteiger partial charge is 0.330 e. The molecule has 96 valence electrons. The molecule has 0 bridgehead atoms. The Balaban J connectivity index is 2.29. The molecule has 1 rings (SSSR count). The molecule has 0 aliphatic carbocycles. The number of nitrogens with two attached hydrogens (primary N) is 1. The van der Waals surface area contributed by atoms with Gasteiger partial charge in [-0.25, -0.2) is 0 Å². The normalized spacial score (nSPS) is 12.4. The fraction of sp³-hybridized carbons (Fsp3) is 0.727. The summed E-state index contributed by atoms with van der Waals surface area (Å²) in [6, 6.07) is 0.166. The van der Waals surface area contributed by atoms with Gasteiger partial charge in [0.05, 0.1) is 0 Å². The maximum atomic E-state index is 11.6. The first-order valence-corrected chi connectivity index (χ1v) is 5.96. The van der Waals surface area contributed by atoms with Crippen LogP contribution >= 0.6 is 0 Å². The van der Waals surface area contributed by atoms with Crippen LogP contribution in [0.2, 0.25) is 0 Å². The van der Waals surface area contributed by atoms with Crippen LogP contribution in [-0.2, 0) is 4.79 Å². The van der Waals surface area contributed by atoms with Crippen LogP contribution in [0, 0.1) is 12.8 Å². The Hall–Kier alpha value is -1.43. The van der Waals surface area contributed by atoms with Gasteiger partial charge in [0.1, 0.15) is 0 Å². The molecule has 3 N–H and O–H groups in total. The lowest BCUT2D eigenvalue weighted by atomic mass is 9.96. The summed E-state index contributed by atoms with van der Waals surface area (Å²) < 4.78 is 4.80. The van der Waals surface area contributed by atoms with Gasteiger partial charge in [-0.15, -0.1) is 0 Å². The predicted molar refractivity (Wildman–Crippen MR) is 64.4 cm³/mol. The summed E-state index contributed by atoms with van der Waals surface area (Å²) in [6.45, 7) is 4.48. The summed E-state index contributed by atoms with van der Waals surface area (Å²) in [5.74, 6) is 0.925. The number of carbonyl (C=O) groups excluding carboxylic acids is 1. The van der Waals surface area contributed by atoms with Crippen molar-refractivity contribution in [2.75, 3.05) is 11.9 Å². The fourth-order valence-corrected chi connectivity index (χ4v) is 1.65. The Morgan fingerprint density at radius 1 is 1.53 bits per heavy atom. The van der Waals surface area contributed by atoms with Crippen molar-refractivity contribution in [1.82, 2.24) is 10.1 Å². The monoisotopic (exact) mass is 240 g/mol. The van der Waals surface area contributed by atoms with E-state index in [0.717, 1.165) is 19.3 Å². The van der Waals surface area contributed by atoms with Crippen molar-refractivity contribution in [3.63, 3.8) is 0 Å². The second kappa shape index (κ2) is 7.01. The number of aryl methyl sites for hydroxylation is 1. The quantitative estimate of drug-likeness (QED) is 0.752. The minimum Gasteiger partial charge on any atom is -0.330 e. The molecule has 0 saturated carbocycles. The zero-order valence-electron chi connectivity index (χ0n) is 10.4. The van der Waals surface area contributed by atoms with Crippen LogP contribution in [0.1, 0.15) is 38.4 Å². The van der Waals surface area contributed by atoms with Crippen LogP contribution < -0.4 is 11.1 Å². The molecule has 0 aromatic carbocycles. The van der Waals surface area contributed by atoms with Gasteiger partial charge in [0.25, 0.3) is 0 Å². The molecule has 17 heavy (non-hydrogen) atoms. The second-order valence-electron chi connectivity index (χ2n) is 4.09. The number of amides is 1. The maximum absolute atomic E-state index is 11.6. The first-order valence-electron chi connectivity index (χ1n) is 5.96. The van der Waals surface area contributed by atoms with E-state index in [1.54, 1.807) is 6.92 Å². The molecule has 0 aliphatic rings. The van der Waals surface area contributed by atoms with Gasteiger partial charge in [0.2, 0.25) is 5.91 Å². The summed E-state index contributed by atoms with van der Waals surface area (Å²) >= 11 is 0. The van der Waals surface area contributed by atoms with Gasteiger partial charge in [-0.2, -0.15) is 4.98 Å². The number of hydrogen-bond donors (Lipinski definition) is 2. The summed E-state index contributed by atoms with van der Waals surface area (Å²) in [5.41, 5.74) is 5.50. The van der Waals surface area contributed by atoms with Crippen LogP contribution in [0.3, 0.4) is 0 Å². The van der Waals surface area contributed by atoms with Gasteiger partial charge in [-0.3, -0.25) is 10.1 Å². The molecule has 1 unspecified atom stereocenters. The SMILES string of the molecule is CCC(CCN)CCC(=O)Nc1nc(C)no1. The van der Waals surface area contributed by atoms with Crippen molar-refractivity contribution in [2.24, 2.45) is 11.7 Å². The topological polar surface area (TPSA) is 94.0 Å². The van der Waals surface area contributed by atoms with Gasteiger partial charge < -0.3 is 10.3 Å². The minimum atomic E-state index is -0.0934. The van der Waals surface area contributed by atoms with Crippen molar-refractivity contribution in [3.8, 4) is 0 Å². The van der Waals surface area contributed by atoms with Crippen LogP contribution in [0.25, 0.3) is 0 Å². The molecule has 0 fully saturated rings. The molecule has 1 atom stereocenters. The Morgan fingerprint density at radius 3 is 2.82 bits per heavy atom. The minimum absolute atomic E-state index is 0.0934. The highest BCUT2D eigenvalue weighted by Crippen LogP contribution is 2.15. The van der Waals surface area contributed by atoms with Crippen LogP contribution in [-0.4, -0.2) is 22.6 Å². The van der Waals surface area contributed by atoms with E-state index in [4.69, 9.17) is 10.3 Å². The van der Waals surface area contributed by atoms with Gasteiger partial charge in [0, 0.05) is 6.42 Å². The van der Waals surface area contributed by atoms with E-state index in [-0.39, 0.29) is 11.9 Å². The third-order valence-corrected chi connectivity index (χ3v) is 2.71. The highest BCUT2D eigenvalue weighted by atomic mass is 16.5. The lowest BCUT2D eigenvalue weighted by molar-refractivity contribution is -0.116. The molecule has 0 saturated heterocycles. The predicted octanol–water partition coefficient (Wildman–Crippen LogP) is 1.47. The Morgan fingerprint density at radius 2 is 2.29 bits per heavy atom. The van der Waals surface area contributed by atoms with Gasteiger partial charge >= 0.3 is 6.01 Å². The first-order chi connectivity index (χ1) is 8.15. The Labute approximate surface area is 101 Å². The standard InChI is InChI=1S/C11H20N4O2/c1-3-9(6-7-12)4-5-10(16)14-11-13-8(2)15-17-11/h9H,3-7,12H2,1-2H3,(H,13,14,15,16). The number of rotatable bonds is 7. The number of hydrogen-bond acceptors (Lipinski definition) is 5. The zero-order chi connectivity index (χ0) is 12.7. The lowest BCUT2D eigenvalue weighted by Gasteiger charge is -2.12. The van der Waals surface area contributed by atoms with Crippen molar-refractivity contribution in [2.45, 2.75) is 39.5 Å². The molecule has 0 spiro atoms. The third kappa shape index (κ3) is 4.95. The van der Waals surface area contributed by atoms with Crippen molar-refractivity contribution in [3.05, 3.63) is 5.82 Å². The summed E-state index contributed by atoms with van der Waals surface area (Å²) in [6.07, 6.45) is 3.31. The Bertz CT molecular complexity index is 351. The highest BCUT2D eigenvalue weighted by molar-refractivity contribution is 5.88. The second-order valence-corrected chi connectivity index (χ2v) is 4.09. The number of nitrogens with zero attached hydrogens (tertiary/aromatic N) is 2. The van der Waals surface area contributed by atoms with Crippen LogP contribution in [0.5, 0.6) is 0 Å². The molecular formula is C11H20N4O2. The first kappa shape index (κ1) is 13.6. The number of aromatic nitrogens is 2. The number of anilines is 1. The molecule has 1 aromatic heterocycles. The van der Waals surface area contributed by atoms with Gasteiger partial charge in [0.15, 0.2) is 5.82 Å². The van der Waals surface area contributed by atoms with E-state index in [1.165, 1.54) is 0 Å². The van der Waals surface area contributed by atoms with Gasteiger partial charge in [-0.05, 0) is 32.2 Å².